The standard InChI is InChI=1S/C37H51N5O8S/c1-5-26-22-37(26,34(46)41-51(48,49)28-17-18-28)40-32(44)29-21-27-23-42(29)33(45)31(36(2,3)4)39-35(47)50-20-12-8-6-7-9-13-24-14-10-11-15-25(24)16-19-30(43)38-27/h5,9-11,13-15,26-29,31H,1,6-8,12,16-23H2,2-4H3,(H,38,43)(H,39,47)(H,40,44)(H,41,46)/b13-9+/t26-,27-,29+,31-,37-/m1/s1. The second-order valence-corrected chi connectivity index (χ2v) is 17.2. The lowest BCUT2D eigenvalue weighted by molar-refractivity contribution is -0.142. The van der Waals surface area contributed by atoms with E-state index in [1.807, 2.05) is 24.3 Å². The van der Waals surface area contributed by atoms with Gasteiger partial charge in [-0.1, -0.05) is 63.3 Å². The largest absolute Gasteiger partial charge is 0.450 e. The van der Waals surface area contributed by atoms with Crippen molar-refractivity contribution in [3.63, 3.8) is 0 Å². The van der Waals surface area contributed by atoms with Crippen LogP contribution >= 0.6 is 0 Å². The van der Waals surface area contributed by atoms with Crippen molar-refractivity contribution in [1.82, 2.24) is 25.6 Å². The zero-order chi connectivity index (χ0) is 37.0. The van der Waals surface area contributed by atoms with Gasteiger partial charge in [-0.3, -0.25) is 23.9 Å². The zero-order valence-corrected chi connectivity index (χ0v) is 30.6. The van der Waals surface area contributed by atoms with Crippen LogP contribution in [0.1, 0.15) is 89.7 Å². The molecule has 0 unspecified atom stereocenters. The molecular formula is C37H51N5O8S. The fraction of sp³-hybridized carbons (Fsp3) is 0.595. The lowest BCUT2D eigenvalue weighted by atomic mass is 9.85. The number of alkyl carbamates (subject to hydrolysis) is 1. The first kappa shape index (κ1) is 38.0. The second kappa shape index (κ2) is 15.6. The SMILES string of the molecule is C=C[C@@H]1C[C@]1(NC(=O)[C@@H]1C[C@@H]2CN1C(=O)[C@H](C(C)(C)C)NC(=O)OCCCCC/C=C/c1ccccc1CCC(=O)N2)C(=O)NS(=O)(=O)C1CC1. The molecule has 2 aliphatic carbocycles. The van der Waals surface area contributed by atoms with E-state index < -0.39 is 74.1 Å². The Balaban J connectivity index is 1.39. The van der Waals surface area contributed by atoms with Gasteiger partial charge in [0.25, 0.3) is 5.91 Å². The van der Waals surface area contributed by atoms with E-state index in [0.717, 1.165) is 30.4 Å². The van der Waals surface area contributed by atoms with Crippen LogP contribution in [0.15, 0.2) is 43.0 Å². The number of allylic oxidation sites excluding steroid dienone is 1. The number of carbonyl (C=O) groups is 5. The van der Waals surface area contributed by atoms with Crippen molar-refractivity contribution in [3.8, 4) is 0 Å². The average Bonchev–Trinajstić information content (AvgIpc) is 4.00. The topological polar surface area (TPSA) is 180 Å². The van der Waals surface area contributed by atoms with Crippen LogP contribution in [0.2, 0.25) is 0 Å². The highest BCUT2D eigenvalue weighted by Crippen LogP contribution is 2.45. The number of aryl methyl sites for hydroxylation is 1. The summed E-state index contributed by atoms with van der Waals surface area (Å²) in [5, 5.41) is 7.82. The van der Waals surface area contributed by atoms with Crippen molar-refractivity contribution >= 4 is 45.8 Å². The minimum absolute atomic E-state index is 0.0224. The van der Waals surface area contributed by atoms with E-state index in [0.29, 0.717) is 25.7 Å². The molecule has 13 nitrogen and oxygen atoms in total. The quantitative estimate of drug-likeness (QED) is 0.323. The number of benzene rings is 1. The molecule has 2 saturated carbocycles. The summed E-state index contributed by atoms with van der Waals surface area (Å²) >= 11 is 0. The Morgan fingerprint density at radius 3 is 2.49 bits per heavy atom. The summed E-state index contributed by atoms with van der Waals surface area (Å²) in [6.45, 7) is 9.26. The lowest BCUT2D eigenvalue weighted by Crippen LogP contribution is -2.60. The molecule has 3 fully saturated rings. The number of rotatable bonds is 6. The fourth-order valence-electron chi connectivity index (χ4n) is 6.81. The van der Waals surface area contributed by atoms with E-state index in [-0.39, 0.29) is 38.3 Å². The van der Waals surface area contributed by atoms with Gasteiger partial charge in [-0.2, -0.15) is 0 Å². The summed E-state index contributed by atoms with van der Waals surface area (Å²) in [7, 11) is -3.89. The molecule has 2 bridgehead atoms. The smallest absolute Gasteiger partial charge is 0.407 e. The van der Waals surface area contributed by atoms with Crippen molar-refractivity contribution < 1.29 is 37.1 Å². The molecular weight excluding hydrogens is 675 g/mol. The lowest BCUT2D eigenvalue weighted by Gasteiger charge is -2.35. The van der Waals surface area contributed by atoms with Crippen LogP contribution in [0.5, 0.6) is 0 Å². The molecule has 4 N–H and O–H groups in total. The fourth-order valence-corrected chi connectivity index (χ4v) is 8.18. The third-order valence-corrected chi connectivity index (χ3v) is 11.9. The maximum atomic E-state index is 14.3. The van der Waals surface area contributed by atoms with E-state index in [1.165, 1.54) is 11.0 Å². The van der Waals surface area contributed by atoms with Crippen LogP contribution in [-0.2, 0) is 40.4 Å². The number of sulfonamides is 1. The first-order valence-electron chi connectivity index (χ1n) is 17.9. The Kier molecular flexibility index (Phi) is 11.6. The number of ether oxygens (including phenoxy) is 1. The van der Waals surface area contributed by atoms with E-state index >= 15 is 0 Å². The maximum absolute atomic E-state index is 14.3. The van der Waals surface area contributed by atoms with Crippen molar-refractivity contribution in [3.05, 3.63) is 54.1 Å². The third-order valence-electron chi connectivity index (χ3n) is 10.1. The highest BCUT2D eigenvalue weighted by Gasteiger charge is 2.62. The van der Waals surface area contributed by atoms with Gasteiger partial charge in [-0.05, 0) is 74.3 Å². The first-order valence-corrected chi connectivity index (χ1v) is 19.5. The molecule has 1 saturated heterocycles. The maximum Gasteiger partial charge on any atom is 0.407 e. The summed E-state index contributed by atoms with van der Waals surface area (Å²) in [5.41, 5.74) is -0.294. The van der Waals surface area contributed by atoms with Crippen LogP contribution in [0, 0.1) is 11.3 Å². The van der Waals surface area contributed by atoms with Gasteiger partial charge in [0.1, 0.15) is 17.6 Å². The van der Waals surface area contributed by atoms with E-state index in [9.17, 15) is 32.4 Å². The Bertz CT molecular complexity index is 1670. The Morgan fingerprint density at radius 2 is 1.80 bits per heavy atom. The van der Waals surface area contributed by atoms with Crippen LogP contribution in [0.25, 0.3) is 6.08 Å². The molecule has 1 aromatic carbocycles. The molecule has 4 aliphatic rings. The number of nitrogens with one attached hydrogen (secondary N) is 4. The van der Waals surface area contributed by atoms with Gasteiger partial charge in [0.2, 0.25) is 27.7 Å². The van der Waals surface area contributed by atoms with Crippen LogP contribution in [0.3, 0.4) is 0 Å². The monoisotopic (exact) mass is 725 g/mol. The molecule has 1 aromatic rings. The van der Waals surface area contributed by atoms with Crippen molar-refractivity contribution in [2.24, 2.45) is 11.3 Å². The summed E-state index contributed by atoms with van der Waals surface area (Å²) in [5.74, 6) is -2.84. The molecule has 5 amide bonds. The van der Waals surface area contributed by atoms with Crippen LogP contribution in [0.4, 0.5) is 4.79 Å². The number of hydrogen-bond acceptors (Lipinski definition) is 8. The zero-order valence-electron chi connectivity index (χ0n) is 29.7. The van der Waals surface area contributed by atoms with Gasteiger partial charge in [-0.25, -0.2) is 13.2 Å². The van der Waals surface area contributed by atoms with Crippen molar-refractivity contribution in [2.75, 3.05) is 13.2 Å². The number of nitrogens with zero attached hydrogens (tertiary/aromatic N) is 1. The molecule has 0 radical (unpaired) electrons. The molecule has 0 aromatic heterocycles. The number of cyclic esters (lactones) is 1. The number of fused-ring (bicyclic) bond motifs is 3. The Morgan fingerprint density at radius 1 is 1.06 bits per heavy atom. The summed E-state index contributed by atoms with van der Waals surface area (Å²) in [4.78, 5) is 69.4. The predicted molar refractivity (Wildman–Crippen MR) is 191 cm³/mol. The number of amides is 5. The minimum Gasteiger partial charge on any atom is -0.450 e. The normalized spacial score (nSPS) is 28.8. The molecule has 0 spiro atoms. The van der Waals surface area contributed by atoms with Gasteiger partial charge in [0.05, 0.1) is 11.9 Å². The van der Waals surface area contributed by atoms with E-state index in [1.54, 1.807) is 20.8 Å². The van der Waals surface area contributed by atoms with Gasteiger partial charge in [0.15, 0.2) is 0 Å². The molecule has 2 heterocycles. The summed E-state index contributed by atoms with van der Waals surface area (Å²) in [6.07, 6.45) is 9.92. The van der Waals surface area contributed by atoms with Crippen LogP contribution < -0.4 is 20.7 Å². The summed E-state index contributed by atoms with van der Waals surface area (Å²) in [6, 6.07) is 5.05. The Labute approximate surface area is 300 Å². The number of hydrogen-bond donors (Lipinski definition) is 4. The highest BCUT2D eigenvalue weighted by atomic mass is 32.2. The van der Waals surface area contributed by atoms with Crippen molar-refractivity contribution in [2.45, 2.75) is 114 Å². The molecule has 14 heteroatoms. The molecule has 278 valence electrons. The number of carbonyl (C=O) groups excluding carboxylic acids is 5. The molecule has 5 atom stereocenters. The molecule has 2 aliphatic heterocycles. The van der Waals surface area contributed by atoms with E-state index in [4.69, 9.17) is 4.74 Å². The molecule has 5 rings (SSSR count). The third kappa shape index (κ3) is 9.38. The second-order valence-electron chi connectivity index (χ2n) is 15.2. The predicted octanol–water partition coefficient (Wildman–Crippen LogP) is 3.10. The first-order chi connectivity index (χ1) is 24.1. The van der Waals surface area contributed by atoms with Gasteiger partial charge in [-0.15, -0.1) is 6.58 Å². The van der Waals surface area contributed by atoms with Crippen LogP contribution in [-0.4, -0.2) is 85.1 Å². The summed E-state index contributed by atoms with van der Waals surface area (Å²) < 4.78 is 32.8. The Hall–Kier alpha value is -4.20. The highest BCUT2D eigenvalue weighted by molar-refractivity contribution is 7.91. The minimum atomic E-state index is -3.89. The molecule has 51 heavy (non-hydrogen) atoms. The average molecular weight is 726 g/mol. The van der Waals surface area contributed by atoms with Gasteiger partial charge in [0, 0.05) is 24.9 Å². The van der Waals surface area contributed by atoms with E-state index in [2.05, 4.69) is 39.4 Å². The van der Waals surface area contributed by atoms with Gasteiger partial charge < -0.3 is 25.6 Å². The van der Waals surface area contributed by atoms with Crippen molar-refractivity contribution in [1.29, 1.82) is 0 Å². The van der Waals surface area contributed by atoms with Gasteiger partial charge >= 0.3 is 6.09 Å².